The van der Waals surface area contributed by atoms with E-state index >= 15 is 0 Å². The van der Waals surface area contributed by atoms with E-state index in [1.165, 1.54) is 11.2 Å². The lowest BCUT2D eigenvalue weighted by atomic mass is 10.2. The number of thioether (sulfide) groups is 1. The molecule has 1 atom stereocenters. The molecule has 1 unspecified atom stereocenters. The molecule has 0 saturated carbocycles. The van der Waals surface area contributed by atoms with Gasteiger partial charge < -0.3 is 10.2 Å². The van der Waals surface area contributed by atoms with E-state index in [2.05, 4.69) is 5.32 Å². The van der Waals surface area contributed by atoms with Crippen molar-refractivity contribution < 1.29 is 13.2 Å². The van der Waals surface area contributed by atoms with E-state index in [0.29, 0.717) is 6.42 Å². The largest absolute Gasteiger partial charge is 0.345 e. The molecule has 1 rings (SSSR count). The van der Waals surface area contributed by atoms with Crippen LogP contribution in [0, 0.1) is 0 Å². The van der Waals surface area contributed by atoms with Crippen LogP contribution in [0.15, 0.2) is 0 Å². The van der Waals surface area contributed by atoms with Crippen LogP contribution in [0.25, 0.3) is 0 Å². The van der Waals surface area contributed by atoms with Crippen LogP contribution >= 0.6 is 11.8 Å². The van der Waals surface area contributed by atoms with Crippen molar-refractivity contribution in [2.45, 2.75) is 12.5 Å². The van der Waals surface area contributed by atoms with Gasteiger partial charge in [-0.3, -0.25) is 4.79 Å². The molecule has 0 aromatic rings. The molecule has 1 saturated heterocycles. The zero-order chi connectivity index (χ0) is 12.9. The monoisotopic (exact) mass is 280 g/mol. The fourth-order valence-corrected chi connectivity index (χ4v) is 3.10. The average molecular weight is 280 g/mol. The van der Waals surface area contributed by atoms with Crippen LogP contribution in [0.4, 0.5) is 0 Å². The summed E-state index contributed by atoms with van der Waals surface area (Å²) in [5, 5.41) is 3.29. The summed E-state index contributed by atoms with van der Waals surface area (Å²) in [6.07, 6.45) is 1.64. The Labute approximate surface area is 107 Å². The summed E-state index contributed by atoms with van der Waals surface area (Å²) in [6, 6.07) is 0.224. The highest BCUT2D eigenvalue weighted by molar-refractivity contribution is 7.99. The van der Waals surface area contributed by atoms with Crippen LogP contribution in [0.2, 0.25) is 0 Å². The molecule has 0 radical (unpaired) electrons. The first-order chi connectivity index (χ1) is 7.88. The molecule has 0 aliphatic carbocycles. The van der Waals surface area contributed by atoms with E-state index in [9.17, 15) is 13.2 Å². The van der Waals surface area contributed by atoms with Gasteiger partial charge in [-0.15, -0.1) is 0 Å². The number of hydrogen-bond acceptors (Lipinski definition) is 5. The summed E-state index contributed by atoms with van der Waals surface area (Å²) in [6.45, 7) is 1.22. The zero-order valence-electron chi connectivity index (χ0n) is 10.3. The lowest BCUT2D eigenvalue weighted by molar-refractivity contribution is -0.130. The van der Waals surface area contributed by atoms with Gasteiger partial charge >= 0.3 is 0 Å². The third-order valence-corrected chi connectivity index (χ3v) is 4.70. The van der Waals surface area contributed by atoms with Crippen LogP contribution in [0.3, 0.4) is 0 Å². The zero-order valence-corrected chi connectivity index (χ0v) is 11.9. The molecule has 100 valence electrons. The van der Waals surface area contributed by atoms with Crippen molar-refractivity contribution in [1.29, 1.82) is 0 Å². The Morgan fingerprint density at radius 2 is 2.24 bits per heavy atom. The SMILES string of the molecule is CN(CCS(C)(=O)=O)C(=O)CC1CSCCN1. The van der Waals surface area contributed by atoms with Gasteiger partial charge in [-0.05, 0) is 0 Å². The second-order valence-corrected chi connectivity index (χ2v) is 7.78. The van der Waals surface area contributed by atoms with Crippen LogP contribution < -0.4 is 5.32 Å². The highest BCUT2D eigenvalue weighted by Crippen LogP contribution is 2.11. The molecule has 1 amide bonds. The van der Waals surface area contributed by atoms with Crippen molar-refractivity contribution in [2.24, 2.45) is 0 Å². The number of carbonyl (C=O) groups is 1. The second kappa shape index (κ2) is 6.61. The first kappa shape index (κ1) is 14.8. The van der Waals surface area contributed by atoms with Gasteiger partial charge in [-0.1, -0.05) is 0 Å². The molecular formula is C10H20N2O3S2. The fourth-order valence-electron chi connectivity index (χ4n) is 1.54. The molecule has 1 aliphatic rings. The smallest absolute Gasteiger partial charge is 0.223 e. The molecule has 1 aliphatic heterocycles. The summed E-state index contributed by atoms with van der Waals surface area (Å²) in [4.78, 5) is 13.3. The molecule has 17 heavy (non-hydrogen) atoms. The number of nitrogens with one attached hydrogen (secondary N) is 1. The minimum absolute atomic E-state index is 0.00801. The maximum absolute atomic E-state index is 11.8. The highest BCUT2D eigenvalue weighted by Gasteiger charge is 2.19. The molecule has 0 spiro atoms. The van der Waals surface area contributed by atoms with Gasteiger partial charge in [0.2, 0.25) is 5.91 Å². The first-order valence-corrected chi connectivity index (χ1v) is 8.83. The fraction of sp³-hybridized carbons (Fsp3) is 0.900. The van der Waals surface area contributed by atoms with Crippen molar-refractivity contribution in [3.05, 3.63) is 0 Å². The van der Waals surface area contributed by atoms with Crippen LogP contribution in [0.1, 0.15) is 6.42 Å². The van der Waals surface area contributed by atoms with Crippen molar-refractivity contribution in [1.82, 2.24) is 10.2 Å². The first-order valence-electron chi connectivity index (χ1n) is 5.61. The number of amides is 1. The normalized spacial score (nSPS) is 21.2. The number of sulfone groups is 1. The molecule has 0 aromatic carbocycles. The standard InChI is InChI=1S/C10H20N2O3S2/c1-12(4-6-17(2,14)15)10(13)7-9-8-16-5-3-11-9/h9,11H,3-8H2,1-2H3. The molecule has 1 N–H and O–H groups in total. The van der Waals surface area contributed by atoms with Gasteiger partial charge in [0.1, 0.15) is 9.84 Å². The number of carbonyl (C=O) groups excluding carboxylic acids is 1. The highest BCUT2D eigenvalue weighted by atomic mass is 32.2. The maximum Gasteiger partial charge on any atom is 0.223 e. The third kappa shape index (κ3) is 6.28. The summed E-state index contributed by atoms with van der Waals surface area (Å²) < 4.78 is 22.0. The molecule has 1 fully saturated rings. The average Bonchev–Trinajstić information content (AvgIpc) is 2.26. The summed E-state index contributed by atoms with van der Waals surface area (Å²) in [5.41, 5.74) is 0. The molecule has 1 heterocycles. The lowest BCUT2D eigenvalue weighted by Crippen LogP contribution is -2.42. The summed E-state index contributed by atoms with van der Waals surface area (Å²) in [5.74, 6) is 2.08. The number of rotatable bonds is 5. The second-order valence-electron chi connectivity index (χ2n) is 4.38. The van der Waals surface area contributed by atoms with E-state index in [-0.39, 0.29) is 24.2 Å². The lowest BCUT2D eigenvalue weighted by Gasteiger charge is -2.25. The Morgan fingerprint density at radius 1 is 1.53 bits per heavy atom. The Hall–Kier alpha value is -0.270. The van der Waals surface area contributed by atoms with E-state index in [1.54, 1.807) is 7.05 Å². The molecule has 0 bridgehead atoms. The van der Waals surface area contributed by atoms with Gasteiger partial charge in [0.05, 0.1) is 5.75 Å². The maximum atomic E-state index is 11.8. The van der Waals surface area contributed by atoms with E-state index in [0.717, 1.165) is 18.1 Å². The van der Waals surface area contributed by atoms with Crippen LogP contribution in [-0.4, -0.2) is 68.9 Å². The molecular weight excluding hydrogens is 260 g/mol. The molecule has 0 aromatic heterocycles. The third-order valence-electron chi connectivity index (χ3n) is 2.64. The minimum Gasteiger partial charge on any atom is -0.345 e. The van der Waals surface area contributed by atoms with Crippen molar-refractivity contribution in [3.8, 4) is 0 Å². The Balaban J connectivity index is 2.30. The Bertz CT molecular complexity index is 351. The van der Waals surface area contributed by atoms with Crippen molar-refractivity contribution >= 4 is 27.5 Å². The predicted molar refractivity (Wildman–Crippen MR) is 71.1 cm³/mol. The van der Waals surface area contributed by atoms with Crippen LogP contribution in [0.5, 0.6) is 0 Å². The van der Waals surface area contributed by atoms with Gasteiger partial charge in [0, 0.05) is 50.4 Å². The molecule has 5 nitrogen and oxygen atoms in total. The van der Waals surface area contributed by atoms with Gasteiger partial charge in [-0.2, -0.15) is 11.8 Å². The van der Waals surface area contributed by atoms with Crippen molar-refractivity contribution in [2.75, 3.05) is 43.7 Å². The Morgan fingerprint density at radius 3 is 2.76 bits per heavy atom. The number of hydrogen-bond donors (Lipinski definition) is 1. The van der Waals surface area contributed by atoms with Gasteiger partial charge in [0.25, 0.3) is 0 Å². The summed E-state index contributed by atoms with van der Waals surface area (Å²) in [7, 11) is -1.34. The topological polar surface area (TPSA) is 66.5 Å². The van der Waals surface area contributed by atoms with Gasteiger partial charge in [-0.25, -0.2) is 8.42 Å². The molecule has 7 heteroatoms. The quantitative estimate of drug-likeness (QED) is 0.741. The van der Waals surface area contributed by atoms with E-state index < -0.39 is 9.84 Å². The van der Waals surface area contributed by atoms with E-state index in [4.69, 9.17) is 0 Å². The predicted octanol–water partition coefficient (Wildman–Crippen LogP) is -0.415. The van der Waals surface area contributed by atoms with Crippen molar-refractivity contribution in [3.63, 3.8) is 0 Å². The Kier molecular flexibility index (Phi) is 5.75. The summed E-state index contributed by atoms with van der Waals surface area (Å²) >= 11 is 1.85. The van der Waals surface area contributed by atoms with E-state index in [1.807, 2.05) is 11.8 Å². The van der Waals surface area contributed by atoms with Gasteiger partial charge in [0.15, 0.2) is 0 Å². The number of nitrogens with zero attached hydrogens (tertiary/aromatic N) is 1. The van der Waals surface area contributed by atoms with Crippen LogP contribution in [-0.2, 0) is 14.6 Å². The minimum atomic E-state index is -3.00.